The van der Waals surface area contributed by atoms with Gasteiger partial charge in [-0.25, -0.2) is 9.07 Å². The van der Waals surface area contributed by atoms with E-state index in [-0.39, 0.29) is 23.1 Å². The standard InChI is InChI=1S/C16H18ClF3N4O/c1-16(9-25-5-4-22-16)11-6-10(2-3-13(11)18)21-7-14-12(17)8-24(23-14)15(19)20/h2-3,6,8,15,21-22H,4-5,7,9H2,1H3/t16-/m0/s1. The van der Waals surface area contributed by atoms with Gasteiger partial charge in [-0.2, -0.15) is 13.9 Å². The third-order valence-corrected chi connectivity index (χ3v) is 4.45. The zero-order valence-electron chi connectivity index (χ0n) is 13.5. The molecule has 0 aliphatic carbocycles. The lowest BCUT2D eigenvalue weighted by atomic mass is 9.91. The fourth-order valence-corrected chi connectivity index (χ4v) is 2.97. The fraction of sp³-hybridized carbons (Fsp3) is 0.438. The largest absolute Gasteiger partial charge is 0.379 e. The van der Waals surface area contributed by atoms with Crippen molar-refractivity contribution in [3.05, 3.63) is 46.5 Å². The van der Waals surface area contributed by atoms with Gasteiger partial charge in [0.05, 0.1) is 30.3 Å². The number of hydrogen-bond donors (Lipinski definition) is 2. The Labute approximate surface area is 148 Å². The van der Waals surface area contributed by atoms with Crippen LogP contribution in [0.2, 0.25) is 5.02 Å². The number of nitrogens with one attached hydrogen (secondary N) is 2. The van der Waals surface area contributed by atoms with Crippen molar-refractivity contribution in [1.29, 1.82) is 0 Å². The summed E-state index contributed by atoms with van der Waals surface area (Å²) in [5, 5.41) is 10.2. The van der Waals surface area contributed by atoms with Gasteiger partial charge in [-0.3, -0.25) is 0 Å². The number of aromatic nitrogens is 2. The van der Waals surface area contributed by atoms with Crippen LogP contribution in [0.5, 0.6) is 0 Å². The topological polar surface area (TPSA) is 51.1 Å². The van der Waals surface area contributed by atoms with Crippen LogP contribution < -0.4 is 10.6 Å². The summed E-state index contributed by atoms with van der Waals surface area (Å²) in [6, 6.07) is 4.61. The second-order valence-corrected chi connectivity index (χ2v) is 6.45. The molecule has 1 aromatic heterocycles. The van der Waals surface area contributed by atoms with Gasteiger partial charge in [-0.05, 0) is 25.1 Å². The molecule has 3 rings (SSSR count). The molecule has 1 aliphatic rings. The summed E-state index contributed by atoms with van der Waals surface area (Å²) in [6.07, 6.45) is 1.07. The monoisotopic (exact) mass is 374 g/mol. The van der Waals surface area contributed by atoms with Crippen molar-refractivity contribution in [3.8, 4) is 0 Å². The van der Waals surface area contributed by atoms with E-state index in [0.717, 1.165) is 6.20 Å². The number of hydrogen-bond acceptors (Lipinski definition) is 4. The lowest BCUT2D eigenvalue weighted by molar-refractivity contribution is 0.0324. The number of nitrogens with zero attached hydrogens (tertiary/aromatic N) is 2. The van der Waals surface area contributed by atoms with Gasteiger partial charge in [0.15, 0.2) is 0 Å². The molecular weight excluding hydrogens is 357 g/mol. The number of alkyl halides is 2. The van der Waals surface area contributed by atoms with Crippen molar-refractivity contribution >= 4 is 17.3 Å². The number of halogens is 4. The van der Waals surface area contributed by atoms with Crippen LogP contribution in [-0.2, 0) is 16.8 Å². The fourth-order valence-electron chi connectivity index (χ4n) is 2.77. The third-order valence-electron chi connectivity index (χ3n) is 4.13. The van der Waals surface area contributed by atoms with E-state index in [2.05, 4.69) is 15.7 Å². The molecule has 1 atom stereocenters. The first-order valence-electron chi connectivity index (χ1n) is 7.77. The molecule has 1 aromatic carbocycles. The molecule has 0 saturated carbocycles. The van der Waals surface area contributed by atoms with Gasteiger partial charge in [0.2, 0.25) is 0 Å². The van der Waals surface area contributed by atoms with Crippen LogP contribution in [0, 0.1) is 5.82 Å². The molecule has 5 nitrogen and oxygen atoms in total. The zero-order chi connectivity index (χ0) is 18.0. The van der Waals surface area contributed by atoms with E-state index in [1.807, 2.05) is 6.92 Å². The summed E-state index contributed by atoms with van der Waals surface area (Å²) in [7, 11) is 0. The number of benzene rings is 1. The van der Waals surface area contributed by atoms with E-state index in [1.54, 1.807) is 12.1 Å². The Hall–Kier alpha value is -1.77. The number of ether oxygens (including phenoxy) is 1. The smallest absolute Gasteiger partial charge is 0.333 e. The molecule has 2 heterocycles. The first-order valence-corrected chi connectivity index (χ1v) is 8.15. The SMILES string of the molecule is C[C@@]1(c2cc(NCc3nn(C(F)F)cc3Cl)ccc2F)COCCN1. The van der Waals surface area contributed by atoms with Crippen LogP contribution >= 0.6 is 11.6 Å². The average Bonchev–Trinajstić information content (AvgIpc) is 2.96. The highest BCUT2D eigenvalue weighted by Gasteiger charge is 2.32. The van der Waals surface area contributed by atoms with Crippen LogP contribution in [-0.4, -0.2) is 29.5 Å². The quantitative estimate of drug-likeness (QED) is 0.840. The zero-order valence-corrected chi connectivity index (χ0v) is 14.3. The summed E-state index contributed by atoms with van der Waals surface area (Å²) in [6.45, 7) is 0.841. The Balaban J connectivity index is 1.76. The predicted molar refractivity (Wildman–Crippen MR) is 88.4 cm³/mol. The lowest BCUT2D eigenvalue weighted by Crippen LogP contribution is -2.49. The molecule has 2 aromatic rings. The highest BCUT2D eigenvalue weighted by atomic mass is 35.5. The average molecular weight is 375 g/mol. The van der Waals surface area contributed by atoms with E-state index in [9.17, 15) is 13.2 Å². The Morgan fingerprint density at radius 3 is 2.92 bits per heavy atom. The minimum Gasteiger partial charge on any atom is -0.379 e. The molecular formula is C16H18ClF3N4O. The highest BCUT2D eigenvalue weighted by molar-refractivity contribution is 6.31. The van der Waals surface area contributed by atoms with E-state index in [1.165, 1.54) is 6.07 Å². The first-order chi connectivity index (χ1) is 11.9. The van der Waals surface area contributed by atoms with E-state index >= 15 is 0 Å². The summed E-state index contributed by atoms with van der Waals surface area (Å²) in [5.74, 6) is -0.342. The van der Waals surface area contributed by atoms with Crippen LogP contribution in [0.25, 0.3) is 0 Å². The molecule has 2 N–H and O–H groups in total. The van der Waals surface area contributed by atoms with Crippen LogP contribution in [0.3, 0.4) is 0 Å². The van der Waals surface area contributed by atoms with Crippen LogP contribution in [0.4, 0.5) is 18.9 Å². The Morgan fingerprint density at radius 2 is 2.28 bits per heavy atom. The van der Waals surface area contributed by atoms with Crippen molar-refractivity contribution in [1.82, 2.24) is 15.1 Å². The Bertz CT molecular complexity index is 747. The number of morpholine rings is 1. The normalized spacial score (nSPS) is 20.9. The van der Waals surface area contributed by atoms with Crippen molar-refractivity contribution in [2.75, 3.05) is 25.1 Å². The minimum absolute atomic E-state index is 0.143. The van der Waals surface area contributed by atoms with E-state index < -0.39 is 12.1 Å². The maximum Gasteiger partial charge on any atom is 0.333 e. The first kappa shape index (κ1) is 18.0. The summed E-state index contributed by atoms with van der Waals surface area (Å²) in [4.78, 5) is 0. The molecule has 1 saturated heterocycles. The van der Waals surface area contributed by atoms with Crippen LogP contribution in [0.1, 0.15) is 24.7 Å². The van der Waals surface area contributed by atoms with Gasteiger partial charge in [0.25, 0.3) is 0 Å². The van der Waals surface area contributed by atoms with Gasteiger partial charge in [-0.1, -0.05) is 11.6 Å². The minimum atomic E-state index is -2.75. The molecule has 0 spiro atoms. The third kappa shape index (κ3) is 3.91. The maximum absolute atomic E-state index is 14.3. The molecule has 0 bridgehead atoms. The van der Waals surface area contributed by atoms with Gasteiger partial charge >= 0.3 is 6.55 Å². The summed E-state index contributed by atoms with van der Waals surface area (Å²) in [5.41, 5.74) is 0.766. The van der Waals surface area contributed by atoms with Crippen molar-refractivity contribution in [2.45, 2.75) is 25.6 Å². The molecule has 0 radical (unpaired) electrons. The van der Waals surface area contributed by atoms with Gasteiger partial charge in [0.1, 0.15) is 11.5 Å². The second-order valence-electron chi connectivity index (χ2n) is 6.04. The van der Waals surface area contributed by atoms with Gasteiger partial charge in [0, 0.05) is 24.0 Å². The van der Waals surface area contributed by atoms with Crippen molar-refractivity contribution < 1.29 is 17.9 Å². The highest BCUT2D eigenvalue weighted by Crippen LogP contribution is 2.29. The predicted octanol–water partition coefficient (Wildman–Crippen LogP) is 3.52. The van der Waals surface area contributed by atoms with E-state index in [4.69, 9.17) is 16.3 Å². The Kier molecular flexibility index (Phi) is 5.21. The van der Waals surface area contributed by atoms with Crippen molar-refractivity contribution in [2.24, 2.45) is 0 Å². The molecule has 0 amide bonds. The van der Waals surface area contributed by atoms with E-state index in [0.29, 0.717) is 35.7 Å². The Morgan fingerprint density at radius 1 is 1.48 bits per heavy atom. The molecule has 0 unspecified atom stereocenters. The molecule has 9 heteroatoms. The van der Waals surface area contributed by atoms with Crippen molar-refractivity contribution in [3.63, 3.8) is 0 Å². The van der Waals surface area contributed by atoms with Crippen LogP contribution in [0.15, 0.2) is 24.4 Å². The number of rotatable bonds is 5. The molecule has 136 valence electrons. The van der Waals surface area contributed by atoms with Gasteiger partial charge < -0.3 is 15.4 Å². The number of anilines is 1. The maximum atomic E-state index is 14.3. The lowest BCUT2D eigenvalue weighted by Gasteiger charge is -2.35. The molecule has 25 heavy (non-hydrogen) atoms. The second kappa shape index (κ2) is 7.23. The summed E-state index contributed by atoms with van der Waals surface area (Å²) >= 11 is 5.91. The molecule has 1 aliphatic heterocycles. The molecule has 1 fully saturated rings. The summed E-state index contributed by atoms with van der Waals surface area (Å²) < 4.78 is 45.5. The van der Waals surface area contributed by atoms with Gasteiger partial charge in [-0.15, -0.1) is 0 Å².